The van der Waals surface area contributed by atoms with Gasteiger partial charge in [-0.15, -0.1) is 0 Å². The van der Waals surface area contributed by atoms with Crippen LogP contribution in [0.1, 0.15) is 18.4 Å². The van der Waals surface area contributed by atoms with Crippen LogP contribution < -0.4 is 0 Å². The molecule has 2 nitrogen and oxygen atoms in total. The summed E-state index contributed by atoms with van der Waals surface area (Å²) in [5.74, 6) is 1.56. The van der Waals surface area contributed by atoms with Gasteiger partial charge in [0.1, 0.15) is 0 Å². The average Bonchev–Trinajstić information content (AvgIpc) is 2.65. The molecule has 2 bridgehead atoms. The van der Waals surface area contributed by atoms with Gasteiger partial charge in [0.05, 0.1) is 0 Å². The Morgan fingerprint density at radius 2 is 1.67 bits per heavy atom. The fraction of sp³-hybridized carbons (Fsp3) is 0.500. The Bertz CT molecular complexity index is 371. The fourth-order valence-corrected chi connectivity index (χ4v) is 3.19. The van der Waals surface area contributed by atoms with Crippen LogP contribution in [0.4, 0.5) is 0 Å². The van der Waals surface area contributed by atoms with E-state index in [1.54, 1.807) is 0 Å². The van der Waals surface area contributed by atoms with Crippen LogP contribution in [0.25, 0.3) is 0 Å². The lowest BCUT2D eigenvalue weighted by atomic mass is 9.93. The second-order valence-electron chi connectivity index (χ2n) is 5.23. The highest BCUT2D eigenvalue weighted by Gasteiger charge is 2.35. The SMILES string of the molecule is C=C1C2CCC1CN(Cc1ccccc1)C2.CO. The molecule has 0 amide bonds. The smallest absolute Gasteiger partial charge is 0.0319 e. The lowest BCUT2D eigenvalue weighted by Gasteiger charge is -2.33. The van der Waals surface area contributed by atoms with Gasteiger partial charge in [-0.3, -0.25) is 4.90 Å². The predicted octanol–water partition coefficient (Wildman–Crippen LogP) is 2.69. The van der Waals surface area contributed by atoms with Crippen molar-refractivity contribution in [3.05, 3.63) is 48.0 Å². The monoisotopic (exact) mass is 245 g/mol. The minimum atomic E-state index is 0.780. The molecule has 18 heavy (non-hydrogen) atoms. The van der Waals surface area contributed by atoms with Crippen LogP contribution >= 0.6 is 0 Å². The van der Waals surface area contributed by atoms with Gasteiger partial charge in [-0.25, -0.2) is 0 Å². The summed E-state index contributed by atoms with van der Waals surface area (Å²) in [7, 11) is 1.00. The van der Waals surface area contributed by atoms with E-state index in [1.807, 2.05) is 0 Å². The van der Waals surface area contributed by atoms with Crippen molar-refractivity contribution in [1.82, 2.24) is 4.90 Å². The Hall–Kier alpha value is -1.12. The maximum Gasteiger partial charge on any atom is 0.0319 e. The summed E-state index contributed by atoms with van der Waals surface area (Å²) < 4.78 is 0. The van der Waals surface area contributed by atoms with Crippen molar-refractivity contribution in [3.63, 3.8) is 0 Å². The van der Waals surface area contributed by atoms with Crippen LogP contribution in [-0.2, 0) is 6.54 Å². The fourth-order valence-electron chi connectivity index (χ4n) is 3.19. The van der Waals surface area contributed by atoms with Gasteiger partial charge in [0.15, 0.2) is 0 Å². The summed E-state index contributed by atoms with van der Waals surface area (Å²) in [6.45, 7) is 7.82. The van der Waals surface area contributed by atoms with Crippen molar-refractivity contribution in [2.75, 3.05) is 20.2 Å². The second kappa shape index (κ2) is 6.17. The van der Waals surface area contributed by atoms with Gasteiger partial charge in [0, 0.05) is 26.7 Å². The summed E-state index contributed by atoms with van der Waals surface area (Å²) in [6.07, 6.45) is 2.74. The van der Waals surface area contributed by atoms with E-state index in [9.17, 15) is 0 Å². The standard InChI is InChI=1S/C15H19N.CH4O/c1-12-14-7-8-15(12)11-16(10-14)9-13-5-3-2-4-6-13;1-2/h2-6,14-15H,1,7-11H2;2H,1H3. The highest BCUT2D eigenvalue weighted by Crippen LogP contribution is 2.40. The number of aliphatic hydroxyl groups excluding tert-OH is 1. The highest BCUT2D eigenvalue weighted by molar-refractivity contribution is 5.18. The van der Waals surface area contributed by atoms with Crippen molar-refractivity contribution >= 4 is 0 Å². The third-order valence-electron chi connectivity index (χ3n) is 4.12. The number of likely N-dealkylation sites (tertiary alicyclic amines) is 1. The molecule has 1 N–H and O–H groups in total. The largest absolute Gasteiger partial charge is 0.400 e. The Labute approximate surface area is 110 Å². The molecule has 98 valence electrons. The Morgan fingerprint density at radius 1 is 1.11 bits per heavy atom. The van der Waals surface area contributed by atoms with Crippen molar-refractivity contribution in [3.8, 4) is 0 Å². The van der Waals surface area contributed by atoms with Crippen LogP contribution in [0, 0.1) is 11.8 Å². The van der Waals surface area contributed by atoms with Gasteiger partial charge in [0.2, 0.25) is 0 Å². The summed E-state index contributed by atoms with van der Waals surface area (Å²) in [5, 5.41) is 7.00. The zero-order valence-electron chi connectivity index (χ0n) is 11.2. The average molecular weight is 245 g/mol. The van der Waals surface area contributed by atoms with Gasteiger partial charge in [-0.05, 0) is 30.2 Å². The first-order chi connectivity index (χ1) is 8.83. The maximum atomic E-state index is 7.00. The van der Waals surface area contributed by atoms with E-state index in [0.717, 1.165) is 25.5 Å². The first-order valence-corrected chi connectivity index (χ1v) is 6.72. The quantitative estimate of drug-likeness (QED) is 0.810. The molecular weight excluding hydrogens is 222 g/mol. The van der Waals surface area contributed by atoms with E-state index < -0.39 is 0 Å². The highest BCUT2D eigenvalue weighted by atomic mass is 16.2. The minimum absolute atomic E-state index is 0.780. The lowest BCUT2D eigenvalue weighted by molar-refractivity contribution is 0.201. The van der Waals surface area contributed by atoms with Gasteiger partial charge in [-0.1, -0.05) is 42.5 Å². The van der Waals surface area contributed by atoms with Gasteiger partial charge in [0.25, 0.3) is 0 Å². The molecule has 0 aromatic heterocycles. The molecular formula is C16H23NO. The molecule has 1 heterocycles. The first kappa shape index (κ1) is 13.3. The van der Waals surface area contributed by atoms with Crippen molar-refractivity contribution < 1.29 is 5.11 Å². The molecule has 1 aliphatic heterocycles. The van der Waals surface area contributed by atoms with E-state index in [4.69, 9.17) is 5.11 Å². The molecule has 0 spiro atoms. The number of piperidine rings is 1. The number of fused-ring (bicyclic) bond motifs is 2. The first-order valence-electron chi connectivity index (χ1n) is 6.72. The molecule has 2 unspecified atom stereocenters. The molecule has 1 aliphatic carbocycles. The summed E-state index contributed by atoms with van der Waals surface area (Å²) >= 11 is 0. The van der Waals surface area contributed by atoms with Crippen molar-refractivity contribution in [2.24, 2.45) is 11.8 Å². The Morgan fingerprint density at radius 3 is 2.22 bits per heavy atom. The lowest BCUT2D eigenvalue weighted by Crippen LogP contribution is -2.37. The van der Waals surface area contributed by atoms with Crippen LogP contribution in [0.15, 0.2) is 42.5 Å². The molecule has 0 radical (unpaired) electrons. The molecule has 1 aromatic carbocycles. The van der Waals surface area contributed by atoms with Crippen LogP contribution in [0.5, 0.6) is 0 Å². The predicted molar refractivity (Wildman–Crippen MR) is 75.2 cm³/mol. The molecule has 2 atom stereocenters. The third kappa shape index (κ3) is 2.82. The normalized spacial score (nSPS) is 26.7. The molecule has 1 aromatic rings. The van der Waals surface area contributed by atoms with Crippen molar-refractivity contribution in [2.45, 2.75) is 19.4 Å². The molecule has 1 saturated heterocycles. The van der Waals surface area contributed by atoms with Crippen molar-refractivity contribution in [1.29, 1.82) is 0 Å². The second-order valence-corrected chi connectivity index (χ2v) is 5.23. The molecule has 2 fully saturated rings. The molecule has 3 rings (SSSR count). The van der Waals surface area contributed by atoms with Crippen LogP contribution in [0.2, 0.25) is 0 Å². The topological polar surface area (TPSA) is 23.5 Å². The molecule has 2 aliphatic rings. The number of benzene rings is 1. The van der Waals surface area contributed by atoms with E-state index in [0.29, 0.717) is 0 Å². The third-order valence-corrected chi connectivity index (χ3v) is 4.12. The van der Waals surface area contributed by atoms with Crippen LogP contribution in [0.3, 0.4) is 0 Å². The molecule has 2 heteroatoms. The number of hydrogen-bond donors (Lipinski definition) is 1. The maximum absolute atomic E-state index is 7.00. The summed E-state index contributed by atoms with van der Waals surface area (Å²) in [6, 6.07) is 10.8. The number of hydrogen-bond acceptors (Lipinski definition) is 2. The van der Waals surface area contributed by atoms with Crippen LogP contribution in [-0.4, -0.2) is 30.2 Å². The van der Waals surface area contributed by atoms with E-state index in [1.165, 1.54) is 37.1 Å². The Kier molecular flexibility index (Phi) is 4.56. The zero-order valence-corrected chi connectivity index (χ0v) is 11.2. The summed E-state index contributed by atoms with van der Waals surface area (Å²) in [5.41, 5.74) is 2.97. The summed E-state index contributed by atoms with van der Waals surface area (Å²) in [4.78, 5) is 2.60. The molecule has 1 saturated carbocycles. The Balaban J connectivity index is 0.000000574. The van der Waals surface area contributed by atoms with Gasteiger partial charge >= 0.3 is 0 Å². The number of nitrogens with zero attached hydrogens (tertiary/aromatic N) is 1. The van der Waals surface area contributed by atoms with Gasteiger partial charge < -0.3 is 5.11 Å². The number of aliphatic hydroxyl groups is 1. The zero-order chi connectivity index (χ0) is 13.0. The minimum Gasteiger partial charge on any atom is -0.400 e. The van der Waals surface area contributed by atoms with E-state index in [-0.39, 0.29) is 0 Å². The number of rotatable bonds is 2. The van der Waals surface area contributed by atoms with E-state index >= 15 is 0 Å². The van der Waals surface area contributed by atoms with Gasteiger partial charge in [-0.2, -0.15) is 0 Å². The van der Waals surface area contributed by atoms with E-state index in [2.05, 4.69) is 41.8 Å².